The van der Waals surface area contributed by atoms with Crippen LogP contribution in [0, 0.1) is 5.92 Å². The molecule has 2 N–H and O–H groups in total. The maximum atomic E-state index is 13.6. The van der Waals surface area contributed by atoms with E-state index in [1.165, 1.54) is 0 Å². The van der Waals surface area contributed by atoms with Gasteiger partial charge in [0.05, 0.1) is 5.41 Å². The first kappa shape index (κ1) is 29.2. The van der Waals surface area contributed by atoms with Crippen molar-refractivity contribution in [3.8, 4) is 0 Å². The molecule has 4 rings (SSSR count). The second-order valence-corrected chi connectivity index (χ2v) is 11.9. The number of carbonyl (C=O) groups is 2. The van der Waals surface area contributed by atoms with E-state index in [0.717, 1.165) is 62.0 Å². The Balaban J connectivity index is 1.37. The van der Waals surface area contributed by atoms with Crippen molar-refractivity contribution in [2.75, 3.05) is 26.2 Å². The molecule has 1 fully saturated rings. The van der Waals surface area contributed by atoms with Crippen molar-refractivity contribution < 1.29 is 27.5 Å². The summed E-state index contributed by atoms with van der Waals surface area (Å²) < 4.78 is 44.6. The molecule has 2 amide bonds. The summed E-state index contributed by atoms with van der Waals surface area (Å²) in [5, 5.41) is 5.19. The Morgan fingerprint density at radius 1 is 1.10 bits per heavy atom. The van der Waals surface area contributed by atoms with Gasteiger partial charge in [-0.1, -0.05) is 48.9 Å². The molecular formula is C30H40F3N3O3. The van der Waals surface area contributed by atoms with Crippen LogP contribution in [0.5, 0.6) is 0 Å². The van der Waals surface area contributed by atoms with Gasteiger partial charge in [0, 0.05) is 25.0 Å². The van der Waals surface area contributed by atoms with Crippen LogP contribution in [0.2, 0.25) is 0 Å². The number of allylic oxidation sites excluding steroid dienone is 4. The molecule has 0 radical (unpaired) electrons. The lowest BCUT2D eigenvalue weighted by Gasteiger charge is -2.37. The first-order valence-corrected chi connectivity index (χ1v) is 13.9. The fraction of sp³-hybridized carbons (Fsp3) is 0.600. The van der Waals surface area contributed by atoms with E-state index in [0.29, 0.717) is 12.8 Å². The van der Waals surface area contributed by atoms with Crippen LogP contribution in [-0.4, -0.2) is 60.9 Å². The fourth-order valence-electron chi connectivity index (χ4n) is 6.24. The molecule has 0 spiro atoms. The first-order chi connectivity index (χ1) is 18.4. The number of nitrogens with one attached hydrogen (secondary N) is 2. The smallest absolute Gasteiger partial charge is 0.407 e. The van der Waals surface area contributed by atoms with Crippen LogP contribution in [0.1, 0.15) is 70.4 Å². The molecule has 39 heavy (non-hydrogen) atoms. The lowest BCUT2D eigenvalue weighted by atomic mass is 9.67. The molecule has 1 aromatic rings. The van der Waals surface area contributed by atoms with Crippen LogP contribution >= 0.6 is 0 Å². The molecule has 1 aromatic carbocycles. The Bertz CT molecular complexity index is 1100. The Morgan fingerprint density at radius 3 is 2.51 bits per heavy atom. The average molecular weight is 548 g/mol. The van der Waals surface area contributed by atoms with Gasteiger partial charge < -0.3 is 20.3 Å². The van der Waals surface area contributed by atoms with Gasteiger partial charge in [-0.05, 0) is 76.1 Å². The van der Waals surface area contributed by atoms with Gasteiger partial charge in [0.25, 0.3) is 0 Å². The first-order valence-electron chi connectivity index (χ1n) is 13.9. The number of piperidine rings is 1. The topological polar surface area (TPSA) is 70.7 Å². The zero-order valence-corrected chi connectivity index (χ0v) is 23.1. The number of rotatable bonds is 8. The number of halogens is 3. The Hall–Kier alpha value is -2.81. The highest BCUT2D eigenvalue weighted by Crippen LogP contribution is 2.55. The molecular weight excluding hydrogens is 507 g/mol. The number of ether oxygens (including phenoxy) is 1. The number of nitrogens with zero attached hydrogens (tertiary/aromatic N) is 1. The van der Waals surface area contributed by atoms with Crippen molar-refractivity contribution in [2.45, 2.75) is 82.5 Å². The number of hydrogen-bond donors (Lipinski definition) is 2. The number of alkyl carbamates (subject to hydrolysis) is 1. The number of likely N-dealkylation sites (tertiary alicyclic amines) is 1. The highest BCUT2D eigenvalue weighted by Gasteiger charge is 2.54. The second kappa shape index (κ2) is 11.7. The minimum atomic E-state index is -4.47. The number of alkyl halides is 3. The summed E-state index contributed by atoms with van der Waals surface area (Å²) in [6.45, 7) is 6.72. The second-order valence-electron chi connectivity index (χ2n) is 11.9. The summed E-state index contributed by atoms with van der Waals surface area (Å²) in [6.07, 6.45) is 5.44. The number of amides is 2. The van der Waals surface area contributed by atoms with E-state index in [1.54, 1.807) is 0 Å². The molecule has 0 bridgehead atoms. The molecule has 0 aromatic heterocycles. The molecule has 0 saturated carbocycles. The van der Waals surface area contributed by atoms with Crippen LogP contribution in [0.25, 0.3) is 5.57 Å². The molecule has 214 valence electrons. The molecule has 6 nitrogen and oxygen atoms in total. The number of benzene rings is 1. The van der Waals surface area contributed by atoms with Crippen molar-refractivity contribution >= 4 is 17.6 Å². The highest BCUT2D eigenvalue weighted by atomic mass is 19.4. The number of hydrogen-bond acceptors (Lipinski definition) is 4. The molecule has 2 atom stereocenters. The van der Waals surface area contributed by atoms with E-state index in [1.807, 2.05) is 63.3 Å². The Kier molecular flexibility index (Phi) is 8.78. The fourth-order valence-corrected chi connectivity index (χ4v) is 6.24. The van der Waals surface area contributed by atoms with E-state index in [-0.39, 0.29) is 12.0 Å². The third-order valence-corrected chi connectivity index (χ3v) is 7.93. The Morgan fingerprint density at radius 2 is 1.82 bits per heavy atom. The van der Waals surface area contributed by atoms with Crippen molar-refractivity contribution in [2.24, 2.45) is 5.92 Å². The van der Waals surface area contributed by atoms with Crippen molar-refractivity contribution in [1.29, 1.82) is 0 Å². The van der Waals surface area contributed by atoms with E-state index in [9.17, 15) is 22.8 Å². The van der Waals surface area contributed by atoms with Gasteiger partial charge in [0.2, 0.25) is 5.91 Å². The van der Waals surface area contributed by atoms with Gasteiger partial charge in [-0.2, -0.15) is 13.2 Å². The standard InChI is InChI=1S/C30H40F3N3O3/c1-28(2,3)39-27(38)35-21-14-18-36(19-15-21)17-9-8-16-29(26(37)34-20-30(31,32)33)24-12-6-4-10-22(24)23-11-5-7-13-25(23)29/h4-7,10-12,21,25H,8-9,13-20H2,1-3H3,(H,34,37)(H,35,38). The zero-order valence-electron chi connectivity index (χ0n) is 23.1. The van der Waals surface area contributed by atoms with Gasteiger partial charge >= 0.3 is 12.3 Å². The minimum Gasteiger partial charge on any atom is -0.444 e. The summed E-state index contributed by atoms with van der Waals surface area (Å²) >= 11 is 0. The predicted octanol–water partition coefficient (Wildman–Crippen LogP) is 5.74. The maximum absolute atomic E-state index is 13.6. The zero-order chi connectivity index (χ0) is 28.3. The molecule has 2 aliphatic carbocycles. The number of fused-ring (bicyclic) bond motifs is 3. The van der Waals surface area contributed by atoms with Gasteiger partial charge in [0.1, 0.15) is 12.1 Å². The van der Waals surface area contributed by atoms with Gasteiger partial charge in [-0.25, -0.2) is 4.79 Å². The van der Waals surface area contributed by atoms with E-state index in [4.69, 9.17) is 4.74 Å². The summed E-state index contributed by atoms with van der Waals surface area (Å²) in [7, 11) is 0. The summed E-state index contributed by atoms with van der Waals surface area (Å²) in [5.41, 5.74) is 1.28. The number of carbonyl (C=O) groups excluding carboxylic acids is 2. The largest absolute Gasteiger partial charge is 0.444 e. The van der Waals surface area contributed by atoms with Crippen LogP contribution in [0.15, 0.2) is 42.5 Å². The lowest BCUT2D eigenvalue weighted by molar-refractivity contribution is -0.143. The van der Waals surface area contributed by atoms with Gasteiger partial charge in [0.15, 0.2) is 0 Å². The predicted molar refractivity (Wildman–Crippen MR) is 145 cm³/mol. The van der Waals surface area contributed by atoms with Crippen molar-refractivity contribution in [1.82, 2.24) is 15.5 Å². The van der Waals surface area contributed by atoms with Gasteiger partial charge in [-0.3, -0.25) is 4.79 Å². The quantitative estimate of drug-likeness (QED) is 0.408. The van der Waals surface area contributed by atoms with E-state index >= 15 is 0 Å². The summed E-state index contributed by atoms with van der Waals surface area (Å²) in [4.78, 5) is 28.0. The SMILES string of the molecule is CC(C)(C)OC(=O)NC1CCN(CCCCC2(C(=O)NCC(F)(F)F)c3ccccc3C3=CC=CCC32)CC1. The van der Waals surface area contributed by atoms with Crippen LogP contribution in [-0.2, 0) is 14.9 Å². The maximum Gasteiger partial charge on any atom is 0.407 e. The lowest BCUT2D eigenvalue weighted by Crippen LogP contribution is -2.50. The van der Waals surface area contributed by atoms with Gasteiger partial charge in [-0.15, -0.1) is 0 Å². The van der Waals surface area contributed by atoms with Crippen LogP contribution in [0.4, 0.5) is 18.0 Å². The highest BCUT2D eigenvalue weighted by molar-refractivity contribution is 5.97. The molecule has 3 aliphatic rings. The van der Waals surface area contributed by atoms with E-state index < -0.39 is 35.7 Å². The third-order valence-electron chi connectivity index (χ3n) is 7.93. The number of unbranched alkanes of at least 4 members (excludes halogenated alkanes) is 1. The molecule has 9 heteroatoms. The average Bonchev–Trinajstić information content (AvgIpc) is 3.15. The molecule has 1 saturated heterocycles. The van der Waals surface area contributed by atoms with Crippen molar-refractivity contribution in [3.63, 3.8) is 0 Å². The van der Waals surface area contributed by atoms with Crippen LogP contribution in [0.3, 0.4) is 0 Å². The molecule has 1 heterocycles. The normalized spacial score (nSPS) is 23.5. The molecule has 1 aliphatic heterocycles. The Labute approximate surface area is 229 Å². The summed E-state index contributed by atoms with van der Waals surface area (Å²) in [5.74, 6) is -0.715. The minimum absolute atomic E-state index is 0.0799. The van der Waals surface area contributed by atoms with Crippen LogP contribution < -0.4 is 10.6 Å². The third kappa shape index (κ3) is 7.04. The van der Waals surface area contributed by atoms with Crippen molar-refractivity contribution in [3.05, 3.63) is 53.6 Å². The van der Waals surface area contributed by atoms with E-state index in [2.05, 4.69) is 15.5 Å². The molecule has 2 unspecified atom stereocenters. The monoisotopic (exact) mass is 547 g/mol. The summed E-state index contributed by atoms with van der Waals surface area (Å²) in [6, 6.07) is 7.74.